The average Bonchev–Trinajstić information content (AvgIpc) is 2.84. The molecule has 1 saturated heterocycles. The molecule has 0 aromatic carbocycles. The van der Waals surface area contributed by atoms with Crippen molar-refractivity contribution in [3.05, 3.63) is 11.5 Å². The number of aryl methyl sites for hydroxylation is 2. The van der Waals surface area contributed by atoms with Crippen LogP contribution >= 0.6 is 0 Å². The number of hydrogen-bond donors (Lipinski definition) is 0. The third-order valence-electron chi connectivity index (χ3n) is 4.37. The van der Waals surface area contributed by atoms with Crippen molar-refractivity contribution in [3.8, 4) is 0 Å². The van der Waals surface area contributed by atoms with Gasteiger partial charge in [-0.15, -0.1) is 0 Å². The number of fused-ring (bicyclic) bond motifs is 1. The molecule has 1 fully saturated rings. The summed E-state index contributed by atoms with van der Waals surface area (Å²) in [6.07, 6.45) is 0. The maximum Gasteiger partial charge on any atom is 0.158 e. The van der Waals surface area contributed by atoms with E-state index in [2.05, 4.69) is 42.7 Å². The van der Waals surface area contributed by atoms with Gasteiger partial charge in [0.2, 0.25) is 0 Å². The van der Waals surface area contributed by atoms with Gasteiger partial charge in [0.25, 0.3) is 0 Å². The van der Waals surface area contributed by atoms with Crippen molar-refractivity contribution >= 4 is 16.9 Å². The second-order valence-electron chi connectivity index (χ2n) is 6.45. The van der Waals surface area contributed by atoms with E-state index in [-0.39, 0.29) is 0 Å². The number of rotatable bonds is 3. The first kappa shape index (κ1) is 15.2. The van der Waals surface area contributed by atoms with Crippen LogP contribution in [0.1, 0.15) is 38.2 Å². The normalized spacial score (nSPS) is 16.9. The van der Waals surface area contributed by atoms with Gasteiger partial charge in [0.1, 0.15) is 16.9 Å². The van der Waals surface area contributed by atoms with Gasteiger partial charge in [0.15, 0.2) is 5.82 Å². The highest BCUT2D eigenvalue weighted by atomic mass is 15.3. The van der Waals surface area contributed by atoms with Gasteiger partial charge in [0, 0.05) is 38.6 Å². The van der Waals surface area contributed by atoms with E-state index in [1.54, 1.807) is 0 Å². The molecule has 1 aliphatic heterocycles. The van der Waals surface area contributed by atoms with Gasteiger partial charge in [-0.3, -0.25) is 4.68 Å². The average molecular weight is 302 g/mol. The van der Waals surface area contributed by atoms with Crippen molar-refractivity contribution in [2.24, 2.45) is 0 Å². The van der Waals surface area contributed by atoms with Crippen molar-refractivity contribution in [1.29, 1.82) is 0 Å². The second kappa shape index (κ2) is 5.83. The Morgan fingerprint density at radius 3 is 2.36 bits per heavy atom. The van der Waals surface area contributed by atoms with Crippen LogP contribution in [0.25, 0.3) is 11.0 Å². The maximum atomic E-state index is 4.91. The molecular formula is C16H26N6. The first-order valence-electron chi connectivity index (χ1n) is 8.19. The minimum atomic E-state index is 0.319. The lowest BCUT2D eigenvalue weighted by atomic mass is 10.2. The van der Waals surface area contributed by atoms with E-state index in [1.165, 1.54) is 0 Å². The van der Waals surface area contributed by atoms with Gasteiger partial charge in [-0.2, -0.15) is 5.10 Å². The van der Waals surface area contributed by atoms with E-state index in [0.717, 1.165) is 61.1 Å². The Morgan fingerprint density at radius 1 is 1.09 bits per heavy atom. The molecule has 0 bridgehead atoms. The Balaban J connectivity index is 2.17. The number of hydrogen-bond acceptors (Lipinski definition) is 5. The summed E-state index contributed by atoms with van der Waals surface area (Å²) in [7, 11) is 2.17. The summed E-state index contributed by atoms with van der Waals surface area (Å²) in [4.78, 5) is 14.4. The molecule has 3 rings (SSSR count). The quantitative estimate of drug-likeness (QED) is 0.868. The van der Waals surface area contributed by atoms with E-state index >= 15 is 0 Å². The Kier molecular flexibility index (Phi) is 4.04. The maximum absolute atomic E-state index is 4.91. The van der Waals surface area contributed by atoms with Crippen LogP contribution in [0, 0.1) is 6.92 Å². The summed E-state index contributed by atoms with van der Waals surface area (Å²) in [6.45, 7) is 13.5. The van der Waals surface area contributed by atoms with Crippen molar-refractivity contribution in [2.75, 3.05) is 38.1 Å². The molecule has 6 nitrogen and oxygen atoms in total. The Labute approximate surface area is 132 Å². The SMILES string of the molecule is CCn1nc(C)c2nc(C(C)C)nc(N3CCN(C)CC3)c21. The van der Waals surface area contributed by atoms with E-state index in [0.29, 0.717) is 5.92 Å². The molecule has 1 aliphatic rings. The zero-order valence-electron chi connectivity index (χ0n) is 14.3. The molecule has 0 aliphatic carbocycles. The van der Waals surface area contributed by atoms with Crippen molar-refractivity contribution < 1.29 is 0 Å². The topological polar surface area (TPSA) is 50.1 Å². The van der Waals surface area contributed by atoms with Gasteiger partial charge >= 0.3 is 0 Å². The van der Waals surface area contributed by atoms with Gasteiger partial charge in [-0.1, -0.05) is 13.8 Å². The lowest BCUT2D eigenvalue weighted by molar-refractivity contribution is 0.312. The summed E-state index contributed by atoms with van der Waals surface area (Å²) >= 11 is 0. The fourth-order valence-electron chi connectivity index (χ4n) is 2.95. The van der Waals surface area contributed by atoms with Gasteiger partial charge in [-0.05, 0) is 20.9 Å². The number of anilines is 1. The molecule has 0 radical (unpaired) electrons. The zero-order valence-corrected chi connectivity index (χ0v) is 14.3. The molecule has 0 saturated carbocycles. The largest absolute Gasteiger partial charge is 0.352 e. The highest BCUT2D eigenvalue weighted by Crippen LogP contribution is 2.28. The van der Waals surface area contributed by atoms with Crippen LogP contribution in [0.5, 0.6) is 0 Å². The molecule has 0 spiro atoms. The predicted molar refractivity (Wildman–Crippen MR) is 89.5 cm³/mol. The van der Waals surface area contributed by atoms with Crippen LogP contribution in [-0.2, 0) is 6.54 Å². The molecular weight excluding hydrogens is 276 g/mol. The van der Waals surface area contributed by atoms with Crippen LogP contribution in [0.3, 0.4) is 0 Å². The minimum Gasteiger partial charge on any atom is -0.352 e. The third kappa shape index (κ3) is 2.56. The van der Waals surface area contributed by atoms with Crippen LogP contribution in [-0.4, -0.2) is 57.9 Å². The van der Waals surface area contributed by atoms with Crippen LogP contribution < -0.4 is 4.90 Å². The molecule has 0 unspecified atom stereocenters. The molecule has 22 heavy (non-hydrogen) atoms. The minimum absolute atomic E-state index is 0.319. The highest BCUT2D eigenvalue weighted by Gasteiger charge is 2.23. The van der Waals surface area contributed by atoms with Crippen LogP contribution in [0.4, 0.5) is 5.82 Å². The van der Waals surface area contributed by atoms with Gasteiger partial charge in [0.05, 0.1) is 5.69 Å². The predicted octanol–water partition coefficient (Wildman–Crippen LogP) is 2.03. The second-order valence-corrected chi connectivity index (χ2v) is 6.45. The first-order valence-corrected chi connectivity index (χ1v) is 8.19. The van der Waals surface area contributed by atoms with Crippen molar-refractivity contribution in [3.63, 3.8) is 0 Å². The molecule has 3 heterocycles. The summed E-state index contributed by atoms with van der Waals surface area (Å²) in [6, 6.07) is 0. The molecule has 0 atom stereocenters. The van der Waals surface area contributed by atoms with Gasteiger partial charge < -0.3 is 9.80 Å². The van der Waals surface area contributed by atoms with E-state index in [4.69, 9.17) is 9.97 Å². The monoisotopic (exact) mass is 302 g/mol. The molecule has 2 aromatic rings. The fraction of sp³-hybridized carbons (Fsp3) is 0.688. The van der Waals surface area contributed by atoms with E-state index in [1.807, 2.05) is 11.6 Å². The molecule has 2 aromatic heterocycles. The van der Waals surface area contributed by atoms with E-state index < -0.39 is 0 Å². The van der Waals surface area contributed by atoms with Crippen molar-refractivity contribution in [2.45, 2.75) is 40.2 Å². The Morgan fingerprint density at radius 2 is 1.77 bits per heavy atom. The fourth-order valence-corrected chi connectivity index (χ4v) is 2.95. The summed E-state index contributed by atoms with van der Waals surface area (Å²) in [5.41, 5.74) is 3.10. The summed E-state index contributed by atoms with van der Waals surface area (Å²) in [5.74, 6) is 2.30. The lowest BCUT2D eigenvalue weighted by Gasteiger charge is -2.33. The number of likely N-dealkylation sites (N-methyl/N-ethyl adjacent to an activating group) is 1. The summed E-state index contributed by atoms with van der Waals surface area (Å²) in [5, 5.41) is 4.66. The van der Waals surface area contributed by atoms with Crippen molar-refractivity contribution in [1.82, 2.24) is 24.6 Å². The lowest BCUT2D eigenvalue weighted by Crippen LogP contribution is -2.45. The number of nitrogens with zero attached hydrogens (tertiary/aromatic N) is 6. The summed E-state index contributed by atoms with van der Waals surface area (Å²) < 4.78 is 2.04. The molecule has 120 valence electrons. The Hall–Kier alpha value is -1.69. The van der Waals surface area contributed by atoms with Gasteiger partial charge in [-0.25, -0.2) is 9.97 Å². The zero-order chi connectivity index (χ0) is 15.9. The molecule has 6 heteroatoms. The Bertz CT molecular complexity index is 667. The first-order chi connectivity index (χ1) is 10.5. The number of piperazine rings is 1. The smallest absolute Gasteiger partial charge is 0.158 e. The van der Waals surface area contributed by atoms with Crippen LogP contribution in [0.15, 0.2) is 0 Å². The highest BCUT2D eigenvalue weighted by molar-refractivity contribution is 5.88. The standard InChI is InChI=1S/C16H26N6/c1-6-22-14-13(12(4)19-22)17-15(11(2)3)18-16(14)21-9-7-20(5)8-10-21/h11H,6-10H2,1-5H3. The molecule has 0 N–H and O–H groups in total. The third-order valence-corrected chi connectivity index (χ3v) is 4.37. The number of aromatic nitrogens is 4. The van der Waals surface area contributed by atoms with E-state index in [9.17, 15) is 0 Å². The van der Waals surface area contributed by atoms with Crippen LogP contribution in [0.2, 0.25) is 0 Å². The molecule has 0 amide bonds.